The average Bonchev–Trinajstić information content (AvgIpc) is 3.25. The van der Waals surface area contributed by atoms with Crippen LogP contribution in [0.15, 0.2) is 30.3 Å². The molecule has 128 valence electrons. The van der Waals surface area contributed by atoms with Crippen molar-refractivity contribution in [1.29, 1.82) is 0 Å². The molecule has 4 rings (SSSR count). The van der Waals surface area contributed by atoms with E-state index in [0.717, 1.165) is 18.5 Å². The Bertz CT molecular complexity index is 830. The molecule has 1 aromatic heterocycles. The van der Waals surface area contributed by atoms with Crippen molar-refractivity contribution in [3.8, 4) is 11.6 Å². The van der Waals surface area contributed by atoms with Crippen molar-refractivity contribution in [2.24, 2.45) is 0 Å². The Kier molecular flexibility index (Phi) is 3.80. The summed E-state index contributed by atoms with van der Waals surface area (Å²) in [5, 5.41) is 18.0. The Balaban J connectivity index is 1.63. The highest BCUT2D eigenvalue weighted by atomic mass is 32.2. The molecule has 0 spiro atoms. The third kappa shape index (κ3) is 3.03. The first-order valence-electron chi connectivity index (χ1n) is 8.18. The first-order chi connectivity index (χ1) is 11.5. The summed E-state index contributed by atoms with van der Waals surface area (Å²) in [5.74, 6) is 0.366. The maximum absolute atomic E-state index is 11.8. The lowest BCUT2D eigenvalue weighted by atomic mass is 10.2. The summed E-state index contributed by atoms with van der Waals surface area (Å²) in [6.07, 6.45) is 2.81. The first kappa shape index (κ1) is 15.6. The highest BCUT2D eigenvalue weighted by Crippen LogP contribution is 2.34. The zero-order valence-electron chi connectivity index (χ0n) is 13.2. The van der Waals surface area contributed by atoms with Crippen LogP contribution >= 0.6 is 0 Å². The number of para-hydroxylation sites is 1. The normalized spacial score (nSPS) is 23.0. The summed E-state index contributed by atoms with van der Waals surface area (Å²) in [5.41, 5.74) is 1.44. The average molecular weight is 348 g/mol. The molecule has 0 bridgehead atoms. The Labute approximate surface area is 140 Å². The van der Waals surface area contributed by atoms with Gasteiger partial charge in [-0.05, 0) is 31.4 Å². The van der Waals surface area contributed by atoms with E-state index in [1.165, 1.54) is 0 Å². The zero-order chi connectivity index (χ0) is 16.7. The lowest BCUT2D eigenvalue weighted by Gasteiger charge is -2.27. The van der Waals surface area contributed by atoms with Gasteiger partial charge in [-0.15, -0.1) is 0 Å². The molecule has 1 saturated carbocycles. The SMILES string of the molecule is O=S1(=O)CC[C@H](N(Cc2c(O)nnn2-c2ccccc2)C2CC2)C1. The lowest BCUT2D eigenvalue weighted by molar-refractivity contribution is 0.187. The van der Waals surface area contributed by atoms with Crippen molar-refractivity contribution >= 4 is 9.84 Å². The van der Waals surface area contributed by atoms with Gasteiger partial charge in [0.2, 0.25) is 0 Å². The minimum atomic E-state index is -2.94. The van der Waals surface area contributed by atoms with E-state index in [9.17, 15) is 13.5 Å². The van der Waals surface area contributed by atoms with Crippen LogP contribution < -0.4 is 0 Å². The fourth-order valence-corrected chi connectivity index (χ4v) is 5.12. The molecule has 0 unspecified atom stereocenters. The Morgan fingerprint density at radius 2 is 1.92 bits per heavy atom. The summed E-state index contributed by atoms with van der Waals surface area (Å²) < 4.78 is 25.3. The second kappa shape index (κ2) is 5.86. The Hall–Kier alpha value is -1.93. The fraction of sp³-hybridized carbons (Fsp3) is 0.500. The maximum atomic E-state index is 11.8. The van der Waals surface area contributed by atoms with Gasteiger partial charge in [0.25, 0.3) is 5.88 Å². The predicted octanol–water partition coefficient (Wildman–Crippen LogP) is 1.12. The molecule has 1 aromatic carbocycles. The van der Waals surface area contributed by atoms with Crippen LogP contribution in [0, 0.1) is 0 Å². The van der Waals surface area contributed by atoms with E-state index >= 15 is 0 Å². The molecule has 2 aromatic rings. The van der Waals surface area contributed by atoms with E-state index < -0.39 is 9.84 Å². The molecule has 1 N–H and O–H groups in total. The lowest BCUT2D eigenvalue weighted by Crippen LogP contribution is -2.38. The standard InChI is InChI=1S/C16H20N4O3S/c21-16-15(20(18-17-16)13-4-2-1-3-5-13)10-19(12-6-7-12)14-8-9-24(22,23)11-14/h1-5,12,14,21H,6-11H2/t14-/m0/s1. The highest BCUT2D eigenvalue weighted by molar-refractivity contribution is 7.91. The van der Waals surface area contributed by atoms with E-state index in [-0.39, 0.29) is 23.4 Å². The number of sulfone groups is 1. The summed E-state index contributed by atoms with van der Waals surface area (Å²) >= 11 is 0. The first-order valence-corrected chi connectivity index (χ1v) is 10.0. The predicted molar refractivity (Wildman–Crippen MR) is 88.6 cm³/mol. The zero-order valence-corrected chi connectivity index (χ0v) is 14.1. The van der Waals surface area contributed by atoms with Crippen LogP contribution in [-0.4, -0.2) is 57.0 Å². The van der Waals surface area contributed by atoms with E-state index in [1.54, 1.807) is 4.68 Å². The number of nitrogens with zero attached hydrogens (tertiary/aromatic N) is 4. The van der Waals surface area contributed by atoms with Gasteiger partial charge in [0.05, 0.1) is 17.2 Å². The minimum Gasteiger partial charge on any atom is -0.491 e. The largest absolute Gasteiger partial charge is 0.491 e. The molecular formula is C16H20N4O3S. The summed E-state index contributed by atoms with van der Waals surface area (Å²) in [4.78, 5) is 2.21. The topological polar surface area (TPSA) is 88.3 Å². The fourth-order valence-electron chi connectivity index (χ4n) is 3.38. The number of hydrogen-bond donors (Lipinski definition) is 1. The molecule has 2 heterocycles. The van der Waals surface area contributed by atoms with E-state index in [0.29, 0.717) is 24.7 Å². The number of benzene rings is 1. The Morgan fingerprint density at radius 1 is 1.17 bits per heavy atom. The molecule has 1 atom stereocenters. The molecule has 1 aliphatic heterocycles. The third-order valence-electron chi connectivity index (χ3n) is 4.77. The van der Waals surface area contributed by atoms with Crippen LogP contribution in [0.4, 0.5) is 0 Å². The van der Waals surface area contributed by atoms with Gasteiger partial charge in [-0.3, -0.25) is 4.90 Å². The van der Waals surface area contributed by atoms with Gasteiger partial charge in [-0.1, -0.05) is 28.5 Å². The van der Waals surface area contributed by atoms with Crippen LogP contribution in [0.25, 0.3) is 5.69 Å². The van der Waals surface area contributed by atoms with E-state index in [1.807, 2.05) is 30.3 Å². The van der Waals surface area contributed by atoms with Gasteiger partial charge in [0.1, 0.15) is 5.69 Å². The number of hydrogen-bond acceptors (Lipinski definition) is 6. The second-order valence-electron chi connectivity index (χ2n) is 6.57. The summed E-state index contributed by atoms with van der Waals surface area (Å²) in [7, 11) is -2.94. The highest BCUT2D eigenvalue weighted by Gasteiger charge is 2.40. The number of aromatic nitrogens is 3. The van der Waals surface area contributed by atoms with Crippen LogP contribution in [0.2, 0.25) is 0 Å². The van der Waals surface area contributed by atoms with Crippen molar-refractivity contribution in [3.05, 3.63) is 36.0 Å². The second-order valence-corrected chi connectivity index (χ2v) is 8.80. The van der Waals surface area contributed by atoms with Gasteiger partial charge < -0.3 is 5.11 Å². The van der Waals surface area contributed by atoms with E-state index in [4.69, 9.17) is 0 Å². The van der Waals surface area contributed by atoms with Gasteiger partial charge in [0.15, 0.2) is 9.84 Å². The molecule has 2 aliphatic rings. The third-order valence-corrected chi connectivity index (χ3v) is 6.52. The number of rotatable bonds is 5. The molecule has 0 radical (unpaired) electrons. The van der Waals surface area contributed by atoms with Crippen molar-refractivity contribution in [3.63, 3.8) is 0 Å². The van der Waals surface area contributed by atoms with Gasteiger partial charge in [-0.25, -0.2) is 13.1 Å². The summed E-state index contributed by atoms with van der Waals surface area (Å²) in [6, 6.07) is 9.93. The Morgan fingerprint density at radius 3 is 2.54 bits per heavy atom. The molecule has 24 heavy (non-hydrogen) atoms. The smallest absolute Gasteiger partial charge is 0.256 e. The minimum absolute atomic E-state index is 0.0148. The van der Waals surface area contributed by atoms with Crippen molar-refractivity contribution in [2.45, 2.75) is 37.9 Å². The summed E-state index contributed by atoms with van der Waals surface area (Å²) in [6.45, 7) is 0.457. The molecule has 0 amide bonds. The van der Waals surface area contributed by atoms with Crippen molar-refractivity contribution in [1.82, 2.24) is 19.9 Å². The van der Waals surface area contributed by atoms with Crippen LogP contribution in [0.1, 0.15) is 25.0 Å². The van der Waals surface area contributed by atoms with Gasteiger partial charge >= 0.3 is 0 Å². The molecule has 8 heteroatoms. The molecule has 1 saturated heterocycles. The monoisotopic (exact) mass is 348 g/mol. The molecule has 1 aliphatic carbocycles. The number of aromatic hydroxyl groups is 1. The van der Waals surface area contributed by atoms with Crippen molar-refractivity contribution < 1.29 is 13.5 Å². The van der Waals surface area contributed by atoms with E-state index in [2.05, 4.69) is 15.2 Å². The quantitative estimate of drug-likeness (QED) is 0.871. The maximum Gasteiger partial charge on any atom is 0.256 e. The molecule has 7 nitrogen and oxygen atoms in total. The molecule has 2 fully saturated rings. The van der Waals surface area contributed by atoms with Crippen LogP contribution in [0.5, 0.6) is 5.88 Å². The van der Waals surface area contributed by atoms with Crippen LogP contribution in [-0.2, 0) is 16.4 Å². The van der Waals surface area contributed by atoms with Gasteiger partial charge in [-0.2, -0.15) is 0 Å². The van der Waals surface area contributed by atoms with Gasteiger partial charge in [0, 0.05) is 18.6 Å². The van der Waals surface area contributed by atoms with Crippen molar-refractivity contribution in [2.75, 3.05) is 11.5 Å². The van der Waals surface area contributed by atoms with Crippen LogP contribution in [0.3, 0.4) is 0 Å². The molecular weight excluding hydrogens is 328 g/mol.